The number of aromatic nitrogens is 1. The molecule has 0 atom stereocenters. The van der Waals surface area contributed by atoms with Crippen LogP contribution in [0.5, 0.6) is 0 Å². The lowest BCUT2D eigenvalue weighted by atomic mass is 10.2. The minimum atomic E-state index is 0.0270. The van der Waals surface area contributed by atoms with Crippen LogP contribution in [0.15, 0.2) is 42.6 Å². The summed E-state index contributed by atoms with van der Waals surface area (Å²) in [6.45, 7) is 6.76. The van der Waals surface area contributed by atoms with Crippen molar-refractivity contribution in [3.8, 4) is 0 Å². The van der Waals surface area contributed by atoms with Gasteiger partial charge in [0, 0.05) is 62.4 Å². The number of anilines is 3. The van der Waals surface area contributed by atoms with E-state index in [4.69, 9.17) is 4.74 Å². The van der Waals surface area contributed by atoms with Crippen molar-refractivity contribution in [1.29, 1.82) is 0 Å². The highest BCUT2D eigenvalue weighted by Gasteiger charge is 2.19. The first kappa shape index (κ1) is 18.7. The maximum absolute atomic E-state index is 12.7. The lowest BCUT2D eigenvalue weighted by molar-refractivity contribution is 0.0303. The van der Waals surface area contributed by atoms with Crippen molar-refractivity contribution in [1.82, 2.24) is 14.8 Å². The highest BCUT2D eigenvalue weighted by Crippen LogP contribution is 2.22. The zero-order valence-electron chi connectivity index (χ0n) is 16.3. The quantitative estimate of drug-likeness (QED) is 0.875. The van der Waals surface area contributed by atoms with Crippen molar-refractivity contribution >= 4 is 23.1 Å². The van der Waals surface area contributed by atoms with E-state index in [1.165, 1.54) is 5.69 Å². The summed E-state index contributed by atoms with van der Waals surface area (Å²) in [6.07, 6.45) is 1.68. The summed E-state index contributed by atoms with van der Waals surface area (Å²) < 4.78 is 5.32. The number of piperazine rings is 1. The number of pyridine rings is 1. The van der Waals surface area contributed by atoms with E-state index in [0.29, 0.717) is 37.7 Å². The molecule has 2 aromatic rings. The number of rotatable bonds is 4. The van der Waals surface area contributed by atoms with E-state index in [0.717, 1.165) is 31.9 Å². The number of nitrogens with one attached hydrogen (secondary N) is 1. The summed E-state index contributed by atoms with van der Waals surface area (Å²) in [4.78, 5) is 23.6. The largest absolute Gasteiger partial charge is 0.378 e. The van der Waals surface area contributed by atoms with Gasteiger partial charge in [-0.3, -0.25) is 4.79 Å². The average molecular weight is 381 g/mol. The standard InChI is InChI=1S/C21H27N5O2/c1-24-8-10-25(11-9-24)19-4-2-18(3-5-19)23-20-16-17(6-7-22-20)21(27)26-12-14-28-15-13-26/h2-7,16H,8-15H2,1H3,(H,22,23). The SMILES string of the molecule is CN1CCN(c2ccc(Nc3cc(C(=O)N4CCOCC4)ccn3)cc2)CC1. The molecule has 1 amide bonds. The van der Waals surface area contributed by atoms with Gasteiger partial charge in [-0.05, 0) is 43.4 Å². The minimum absolute atomic E-state index is 0.0270. The second-order valence-corrected chi connectivity index (χ2v) is 7.30. The predicted octanol–water partition coefficient (Wildman–Crippen LogP) is 2.05. The number of ether oxygens (including phenoxy) is 1. The van der Waals surface area contributed by atoms with Gasteiger partial charge in [-0.15, -0.1) is 0 Å². The number of hydrogen-bond donors (Lipinski definition) is 1. The lowest BCUT2D eigenvalue weighted by Crippen LogP contribution is -2.44. The Kier molecular flexibility index (Phi) is 5.73. The minimum Gasteiger partial charge on any atom is -0.378 e. The molecule has 0 aliphatic carbocycles. The van der Waals surface area contributed by atoms with Gasteiger partial charge < -0.3 is 24.8 Å². The highest BCUT2D eigenvalue weighted by molar-refractivity contribution is 5.95. The van der Waals surface area contributed by atoms with Crippen LogP contribution < -0.4 is 10.2 Å². The molecule has 0 bridgehead atoms. The first-order chi connectivity index (χ1) is 13.7. The van der Waals surface area contributed by atoms with E-state index in [1.54, 1.807) is 12.3 Å². The van der Waals surface area contributed by atoms with Gasteiger partial charge in [-0.25, -0.2) is 4.98 Å². The van der Waals surface area contributed by atoms with Crippen molar-refractivity contribution in [3.05, 3.63) is 48.2 Å². The fraction of sp³-hybridized carbons (Fsp3) is 0.429. The molecule has 0 spiro atoms. The first-order valence-corrected chi connectivity index (χ1v) is 9.83. The number of carbonyl (C=O) groups excluding carboxylic acids is 1. The molecular weight excluding hydrogens is 354 g/mol. The normalized spacial score (nSPS) is 18.2. The molecular formula is C21H27N5O2. The molecule has 3 heterocycles. The monoisotopic (exact) mass is 381 g/mol. The molecule has 28 heavy (non-hydrogen) atoms. The van der Waals surface area contributed by atoms with E-state index in [9.17, 15) is 4.79 Å². The maximum Gasteiger partial charge on any atom is 0.254 e. The van der Waals surface area contributed by atoms with Crippen LogP contribution in [0, 0.1) is 0 Å². The number of likely N-dealkylation sites (N-methyl/N-ethyl adjacent to an activating group) is 1. The topological polar surface area (TPSA) is 60.9 Å². The second-order valence-electron chi connectivity index (χ2n) is 7.30. The van der Waals surface area contributed by atoms with E-state index < -0.39 is 0 Å². The fourth-order valence-corrected chi connectivity index (χ4v) is 3.55. The highest BCUT2D eigenvalue weighted by atomic mass is 16.5. The fourth-order valence-electron chi connectivity index (χ4n) is 3.55. The summed E-state index contributed by atoms with van der Waals surface area (Å²) in [5.74, 6) is 0.700. The van der Waals surface area contributed by atoms with Crippen LogP contribution in [-0.2, 0) is 4.74 Å². The van der Waals surface area contributed by atoms with Crippen molar-refractivity contribution in [2.24, 2.45) is 0 Å². The van der Waals surface area contributed by atoms with Crippen molar-refractivity contribution in [2.75, 3.05) is 69.7 Å². The Bertz CT molecular complexity index is 797. The number of hydrogen-bond acceptors (Lipinski definition) is 6. The second kappa shape index (κ2) is 8.58. The molecule has 2 aliphatic heterocycles. The van der Waals surface area contributed by atoms with E-state index in [2.05, 4.69) is 51.4 Å². The molecule has 0 radical (unpaired) electrons. The Morgan fingerprint density at radius 3 is 2.43 bits per heavy atom. The third-order valence-corrected chi connectivity index (χ3v) is 5.31. The summed E-state index contributed by atoms with van der Waals surface area (Å²) in [5, 5.41) is 3.31. The van der Waals surface area contributed by atoms with E-state index >= 15 is 0 Å². The van der Waals surface area contributed by atoms with Crippen LogP contribution in [0.3, 0.4) is 0 Å². The zero-order chi connectivity index (χ0) is 19.3. The van der Waals surface area contributed by atoms with Crippen LogP contribution in [0.1, 0.15) is 10.4 Å². The number of amides is 1. The molecule has 148 valence electrons. The summed E-state index contributed by atoms with van der Waals surface area (Å²) >= 11 is 0. The van der Waals surface area contributed by atoms with Crippen molar-refractivity contribution < 1.29 is 9.53 Å². The molecule has 1 N–H and O–H groups in total. The molecule has 1 aromatic carbocycles. The number of morpholine rings is 1. The number of benzene rings is 1. The third kappa shape index (κ3) is 4.43. The molecule has 2 fully saturated rings. The molecule has 4 rings (SSSR count). The summed E-state index contributed by atoms with van der Waals surface area (Å²) in [6, 6.07) is 12.0. The Labute approximate surface area is 165 Å². The smallest absolute Gasteiger partial charge is 0.254 e. The molecule has 2 aliphatic rings. The number of nitrogens with zero attached hydrogens (tertiary/aromatic N) is 4. The number of carbonyl (C=O) groups is 1. The van der Waals surface area contributed by atoms with Crippen LogP contribution in [0.4, 0.5) is 17.2 Å². The zero-order valence-corrected chi connectivity index (χ0v) is 16.3. The Hall–Kier alpha value is -2.64. The molecule has 0 unspecified atom stereocenters. The van der Waals surface area contributed by atoms with Gasteiger partial charge in [-0.2, -0.15) is 0 Å². The van der Waals surface area contributed by atoms with E-state index in [1.807, 2.05) is 11.0 Å². The first-order valence-electron chi connectivity index (χ1n) is 9.83. The third-order valence-electron chi connectivity index (χ3n) is 5.31. The summed E-state index contributed by atoms with van der Waals surface area (Å²) in [7, 11) is 2.16. The summed E-state index contributed by atoms with van der Waals surface area (Å²) in [5.41, 5.74) is 2.85. The van der Waals surface area contributed by atoms with Gasteiger partial charge in [0.1, 0.15) is 5.82 Å². The Balaban J connectivity index is 1.40. The van der Waals surface area contributed by atoms with Crippen LogP contribution in [0.2, 0.25) is 0 Å². The lowest BCUT2D eigenvalue weighted by Gasteiger charge is -2.34. The van der Waals surface area contributed by atoms with Gasteiger partial charge in [-0.1, -0.05) is 0 Å². The van der Waals surface area contributed by atoms with Crippen LogP contribution in [-0.4, -0.2) is 80.2 Å². The van der Waals surface area contributed by atoms with Crippen molar-refractivity contribution in [3.63, 3.8) is 0 Å². The molecule has 2 saturated heterocycles. The van der Waals surface area contributed by atoms with Gasteiger partial charge in [0.15, 0.2) is 0 Å². The van der Waals surface area contributed by atoms with Gasteiger partial charge in [0.2, 0.25) is 0 Å². The Morgan fingerprint density at radius 2 is 1.71 bits per heavy atom. The van der Waals surface area contributed by atoms with Crippen LogP contribution in [0.25, 0.3) is 0 Å². The molecule has 7 heteroatoms. The average Bonchev–Trinajstić information content (AvgIpc) is 2.75. The van der Waals surface area contributed by atoms with Crippen LogP contribution >= 0.6 is 0 Å². The van der Waals surface area contributed by atoms with Crippen molar-refractivity contribution in [2.45, 2.75) is 0 Å². The molecule has 0 saturated carbocycles. The van der Waals surface area contributed by atoms with Gasteiger partial charge in [0.05, 0.1) is 13.2 Å². The van der Waals surface area contributed by atoms with Gasteiger partial charge >= 0.3 is 0 Å². The molecule has 1 aromatic heterocycles. The predicted molar refractivity (Wildman–Crippen MR) is 110 cm³/mol. The Morgan fingerprint density at radius 1 is 1.00 bits per heavy atom. The van der Waals surface area contributed by atoms with Gasteiger partial charge in [0.25, 0.3) is 5.91 Å². The van der Waals surface area contributed by atoms with E-state index in [-0.39, 0.29) is 5.91 Å². The maximum atomic E-state index is 12.7. The molecule has 7 nitrogen and oxygen atoms in total.